The van der Waals surface area contributed by atoms with E-state index in [4.69, 9.17) is 4.74 Å². The zero-order valence-electron chi connectivity index (χ0n) is 15.7. The van der Waals surface area contributed by atoms with Gasteiger partial charge in [0.2, 0.25) is 5.91 Å². The van der Waals surface area contributed by atoms with Crippen LogP contribution in [0.15, 0.2) is 23.6 Å². The lowest BCUT2D eigenvalue weighted by atomic mass is 9.90. The normalized spacial score (nSPS) is 16.4. The number of thiazole rings is 1. The number of nitrogens with zero attached hydrogens (tertiary/aromatic N) is 2. The van der Waals surface area contributed by atoms with Crippen molar-refractivity contribution in [1.82, 2.24) is 15.8 Å². The second-order valence-electron chi connectivity index (χ2n) is 7.10. The molecule has 1 aromatic heterocycles. The fraction of sp³-hybridized carbons (Fsp3) is 0.450. The number of rotatable bonds is 4. The van der Waals surface area contributed by atoms with Gasteiger partial charge in [0, 0.05) is 18.5 Å². The summed E-state index contributed by atoms with van der Waals surface area (Å²) in [5.74, 6) is -0.651. The third kappa shape index (κ3) is 4.51. The molecule has 0 radical (unpaired) electrons. The van der Waals surface area contributed by atoms with Gasteiger partial charge in [-0.1, -0.05) is 18.2 Å². The molecular formula is C20H24N4O3S. The number of amides is 2. The maximum atomic E-state index is 12.3. The van der Waals surface area contributed by atoms with Gasteiger partial charge in [0.25, 0.3) is 5.91 Å². The molecule has 2 amide bonds. The standard InChI is InChI=1S/C20H24N4O3S/c25-18(12-14-5-6-15-3-1-2-4-16(15)11-14)22-23-19(26)17-13-28-20(21-17)24-7-9-27-10-8-24/h5-6,11,13H,1-4,7-10,12H2,(H,22,25)(H,23,26). The zero-order chi connectivity index (χ0) is 19.3. The van der Waals surface area contributed by atoms with Crippen molar-refractivity contribution in [2.75, 3.05) is 31.2 Å². The van der Waals surface area contributed by atoms with Gasteiger partial charge in [-0.2, -0.15) is 0 Å². The third-order valence-electron chi connectivity index (χ3n) is 5.10. The van der Waals surface area contributed by atoms with Crippen molar-refractivity contribution >= 4 is 28.3 Å². The number of hydrazine groups is 1. The van der Waals surface area contributed by atoms with E-state index in [2.05, 4.69) is 32.9 Å². The van der Waals surface area contributed by atoms with Gasteiger partial charge in [-0.15, -0.1) is 11.3 Å². The van der Waals surface area contributed by atoms with Crippen LogP contribution in [0.25, 0.3) is 0 Å². The molecular weight excluding hydrogens is 376 g/mol. The smallest absolute Gasteiger partial charge is 0.289 e. The number of fused-ring (bicyclic) bond motifs is 1. The Morgan fingerprint density at radius 1 is 1.11 bits per heavy atom. The molecule has 1 fully saturated rings. The molecule has 0 atom stereocenters. The first-order valence-corrected chi connectivity index (χ1v) is 10.5. The van der Waals surface area contributed by atoms with E-state index in [1.165, 1.54) is 35.3 Å². The number of nitrogens with one attached hydrogen (secondary N) is 2. The van der Waals surface area contributed by atoms with Crippen LogP contribution in [0.1, 0.15) is 40.0 Å². The Hall–Kier alpha value is -2.45. The summed E-state index contributed by atoms with van der Waals surface area (Å²) in [5.41, 5.74) is 8.96. The zero-order valence-corrected chi connectivity index (χ0v) is 16.5. The van der Waals surface area contributed by atoms with Crippen LogP contribution < -0.4 is 15.8 Å². The maximum absolute atomic E-state index is 12.3. The van der Waals surface area contributed by atoms with E-state index in [0.29, 0.717) is 18.9 Å². The fourth-order valence-corrected chi connectivity index (χ4v) is 4.44. The van der Waals surface area contributed by atoms with Gasteiger partial charge in [-0.25, -0.2) is 4.98 Å². The molecule has 0 unspecified atom stereocenters. The SMILES string of the molecule is O=C(Cc1ccc2c(c1)CCCC2)NNC(=O)c1csc(N2CCOCC2)n1. The van der Waals surface area contributed by atoms with E-state index in [1.807, 2.05) is 6.07 Å². The quantitative estimate of drug-likeness (QED) is 0.766. The van der Waals surface area contributed by atoms with E-state index < -0.39 is 5.91 Å². The highest BCUT2D eigenvalue weighted by molar-refractivity contribution is 7.13. The second kappa shape index (κ2) is 8.70. The fourth-order valence-electron chi connectivity index (χ4n) is 3.59. The van der Waals surface area contributed by atoms with Crippen molar-refractivity contribution in [2.45, 2.75) is 32.1 Å². The Balaban J connectivity index is 1.28. The van der Waals surface area contributed by atoms with Gasteiger partial charge in [-0.3, -0.25) is 20.4 Å². The van der Waals surface area contributed by atoms with Gasteiger partial charge in [0.15, 0.2) is 5.13 Å². The predicted molar refractivity (Wildman–Crippen MR) is 108 cm³/mol. The van der Waals surface area contributed by atoms with E-state index in [1.54, 1.807) is 5.38 Å². The number of carbonyl (C=O) groups excluding carboxylic acids is 2. The molecule has 0 spiro atoms. The molecule has 1 aliphatic carbocycles. The summed E-state index contributed by atoms with van der Waals surface area (Å²) in [6, 6.07) is 6.24. The van der Waals surface area contributed by atoms with Crippen molar-refractivity contribution in [3.63, 3.8) is 0 Å². The van der Waals surface area contributed by atoms with Crippen LogP contribution in [0.3, 0.4) is 0 Å². The van der Waals surface area contributed by atoms with Gasteiger partial charge in [0.05, 0.1) is 19.6 Å². The van der Waals surface area contributed by atoms with Crippen molar-refractivity contribution in [3.8, 4) is 0 Å². The van der Waals surface area contributed by atoms with Crippen LogP contribution in [0.4, 0.5) is 5.13 Å². The molecule has 4 rings (SSSR count). The lowest BCUT2D eigenvalue weighted by Gasteiger charge is -2.25. The summed E-state index contributed by atoms with van der Waals surface area (Å²) < 4.78 is 5.33. The topological polar surface area (TPSA) is 83.6 Å². The minimum absolute atomic E-state index is 0.240. The summed E-state index contributed by atoms with van der Waals surface area (Å²) >= 11 is 1.42. The summed E-state index contributed by atoms with van der Waals surface area (Å²) in [6.07, 6.45) is 4.89. The summed E-state index contributed by atoms with van der Waals surface area (Å²) in [7, 11) is 0. The minimum Gasteiger partial charge on any atom is -0.378 e. The predicted octanol–water partition coefficient (Wildman–Crippen LogP) is 1.86. The maximum Gasteiger partial charge on any atom is 0.289 e. The molecule has 1 aromatic carbocycles. The van der Waals surface area contributed by atoms with E-state index in [-0.39, 0.29) is 12.3 Å². The van der Waals surface area contributed by atoms with E-state index >= 15 is 0 Å². The lowest BCUT2D eigenvalue weighted by molar-refractivity contribution is -0.121. The van der Waals surface area contributed by atoms with E-state index in [9.17, 15) is 9.59 Å². The average molecular weight is 401 g/mol. The number of aryl methyl sites for hydroxylation is 2. The van der Waals surface area contributed by atoms with Crippen LogP contribution in [-0.4, -0.2) is 43.1 Å². The second-order valence-corrected chi connectivity index (χ2v) is 7.94. The van der Waals surface area contributed by atoms with Crippen molar-refractivity contribution < 1.29 is 14.3 Å². The number of aromatic nitrogens is 1. The van der Waals surface area contributed by atoms with Crippen LogP contribution in [0.5, 0.6) is 0 Å². The monoisotopic (exact) mass is 400 g/mol. The average Bonchev–Trinajstić information content (AvgIpc) is 3.23. The lowest BCUT2D eigenvalue weighted by Crippen LogP contribution is -2.42. The highest BCUT2D eigenvalue weighted by atomic mass is 32.1. The molecule has 7 nitrogen and oxygen atoms in total. The molecule has 2 aromatic rings. The van der Waals surface area contributed by atoms with Crippen LogP contribution in [-0.2, 0) is 28.8 Å². The Kier molecular flexibility index (Phi) is 5.87. The highest BCUT2D eigenvalue weighted by Gasteiger charge is 2.18. The van der Waals surface area contributed by atoms with Crippen molar-refractivity contribution in [3.05, 3.63) is 46.0 Å². The van der Waals surface area contributed by atoms with Crippen molar-refractivity contribution in [1.29, 1.82) is 0 Å². The van der Waals surface area contributed by atoms with Gasteiger partial charge < -0.3 is 9.64 Å². The molecule has 2 heterocycles. The molecule has 0 saturated carbocycles. The first-order chi connectivity index (χ1) is 13.7. The summed E-state index contributed by atoms with van der Waals surface area (Å²) in [4.78, 5) is 30.9. The number of ether oxygens (including phenoxy) is 1. The Labute approximate surface area is 168 Å². The number of anilines is 1. The van der Waals surface area contributed by atoms with Crippen molar-refractivity contribution in [2.24, 2.45) is 0 Å². The third-order valence-corrected chi connectivity index (χ3v) is 6.00. The molecule has 2 aliphatic rings. The largest absolute Gasteiger partial charge is 0.378 e. The van der Waals surface area contributed by atoms with Crippen LogP contribution >= 0.6 is 11.3 Å². The molecule has 2 N–H and O–H groups in total. The van der Waals surface area contributed by atoms with Gasteiger partial charge >= 0.3 is 0 Å². The molecule has 1 saturated heterocycles. The molecule has 148 valence electrons. The number of hydrogen-bond acceptors (Lipinski definition) is 6. The van der Waals surface area contributed by atoms with E-state index in [0.717, 1.165) is 36.6 Å². The molecule has 28 heavy (non-hydrogen) atoms. The minimum atomic E-state index is -0.408. The number of benzene rings is 1. The Morgan fingerprint density at radius 3 is 2.71 bits per heavy atom. The summed E-state index contributed by atoms with van der Waals surface area (Å²) in [6.45, 7) is 2.87. The van der Waals surface area contributed by atoms with Crippen LogP contribution in [0, 0.1) is 0 Å². The van der Waals surface area contributed by atoms with Gasteiger partial charge in [0.1, 0.15) is 5.69 Å². The Morgan fingerprint density at radius 2 is 1.89 bits per heavy atom. The number of morpholine rings is 1. The van der Waals surface area contributed by atoms with Crippen LogP contribution in [0.2, 0.25) is 0 Å². The molecule has 8 heteroatoms. The first-order valence-electron chi connectivity index (χ1n) is 9.67. The molecule has 1 aliphatic heterocycles. The first kappa shape index (κ1) is 18.9. The number of hydrogen-bond donors (Lipinski definition) is 2. The highest BCUT2D eigenvalue weighted by Crippen LogP contribution is 2.23. The number of carbonyl (C=O) groups is 2. The molecule has 0 bridgehead atoms. The van der Waals surface area contributed by atoms with Gasteiger partial charge in [-0.05, 0) is 42.4 Å². The summed E-state index contributed by atoms with van der Waals surface area (Å²) in [5, 5.41) is 2.50. The Bertz CT molecular complexity index is 861.